The third-order valence-corrected chi connectivity index (χ3v) is 3.39. The molecule has 3 N–H and O–H groups in total. The molecule has 1 aromatic rings. The first-order chi connectivity index (χ1) is 8.66. The minimum Gasteiger partial charge on any atom is -0.352 e. The summed E-state index contributed by atoms with van der Waals surface area (Å²) in [5.74, 6) is -0.563. The number of rotatable bonds is 3. The maximum atomic E-state index is 13.3. The fraction of sp³-hybridized carbons (Fsp3) is 0.538. The standard InChI is InChI=1S/C13H18FN3O.2ClH/c14-12-8-16-5-4-11(12)13(18)17-7-9-2-1-3-10(15)6-9;;/h4-5,8-10H,1-3,6-7,15H2,(H,17,18);2*1H. The fourth-order valence-corrected chi connectivity index (χ4v) is 2.41. The van der Waals surface area contributed by atoms with Crippen molar-refractivity contribution in [3.8, 4) is 0 Å². The number of aromatic nitrogens is 1. The summed E-state index contributed by atoms with van der Waals surface area (Å²) in [6.07, 6.45) is 6.63. The van der Waals surface area contributed by atoms with E-state index in [2.05, 4.69) is 10.3 Å². The molecule has 2 atom stereocenters. The van der Waals surface area contributed by atoms with Crippen molar-refractivity contribution in [2.24, 2.45) is 11.7 Å². The number of carbonyl (C=O) groups excluding carboxylic acids is 1. The van der Waals surface area contributed by atoms with Gasteiger partial charge >= 0.3 is 0 Å². The van der Waals surface area contributed by atoms with E-state index in [0.29, 0.717) is 12.5 Å². The van der Waals surface area contributed by atoms with Gasteiger partial charge in [-0.3, -0.25) is 9.78 Å². The molecule has 0 radical (unpaired) electrons. The van der Waals surface area contributed by atoms with E-state index in [0.717, 1.165) is 31.9 Å². The number of halogens is 3. The van der Waals surface area contributed by atoms with E-state index in [9.17, 15) is 9.18 Å². The Hall–Kier alpha value is -0.910. The lowest BCUT2D eigenvalue weighted by Crippen LogP contribution is -2.35. The summed E-state index contributed by atoms with van der Waals surface area (Å²) in [5, 5.41) is 2.77. The molecule has 0 aliphatic heterocycles. The van der Waals surface area contributed by atoms with Crippen LogP contribution in [0.5, 0.6) is 0 Å². The van der Waals surface area contributed by atoms with Gasteiger partial charge in [-0.25, -0.2) is 4.39 Å². The first kappa shape index (κ1) is 19.1. The van der Waals surface area contributed by atoms with Crippen LogP contribution in [0.2, 0.25) is 0 Å². The molecule has 2 unspecified atom stereocenters. The summed E-state index contributed by atoms with van der Waals surface area (Å²) in [4.78, 5) is 15.4. The number of hydrogen-bond donors (Lipinski definition) is 2. The number of carbonyl (C=O) groups is 1. The molecule has 1 aliphatic carbocycles. The lowest BCUT2D eigenvalue weighted by molar-refractivity contribution is 0.0938. The number of nitrogens with one attached hydrogen (secondary N) is 1. The summed E-state index contributed by atoms with van der Waals surface area (Å²) >= 11 is 0. The summed E-state index contributed by atoms with van der Waals surface area (Å²) in [7, 11) is 0. The van der Waals surface area contributed by atoms with E-state index in [1.165, 1.54) is 12.3 Å². The highest BCUT2D eigenvalue weighted by molar-refractivity contribution is 5.94. The second-order valence-electron chi connectivity index (χ2n) is 4.86. The Morgan fingerprint density at radius 2 is 2.20 bits per heavy atom. The van der Waals surface area contributed by atoms with Crippen LogP contribution in [-0.4, -0.2) is 23.5 Å². The van der Waals surface area contributed by atoms with Crippen molar-refractivity contribution < 1.29 is 9.18 Å². The molecule has 7 heteroatoms. The normalized spacial score (nSPS) is 21.3. The van der Waals surface area contributed by atoms with Crippen molar-refractivity contribution in [1.82, 2.24) is 10.3 Å². The van der Waals surface area contributed by atoms with E-state index in [-0.39, 0.29) is 42.3 Å². The fourth-order valence-electron chi connectivity index (χ4n) is 2.41. The number of nitrogens with two attached hydrogens (primary N) is 1. The second kappa shape index (κ2) is 9.10. The number of amides is 1. The van der Waals surface area contributed by atoms with E-state index >= 15 is 0 Å². The molecule has 114 valence electrons. The zero-order valence-corrected chi connectivity index (χ0v) is 12.7. The van der Waals surface area contributed by atoms with E-state index in [1.807, 2.05) is 0 Å². The highest BCUT2D eigenvalue weighted by Crippen LogP contribution is 2.22. The van der Waals surface area contributed by atoms with Gasteiger partial charge in [-0.1, -0.05) is 6.42 Å². The Labute approximate surface area is 130 Å². The monoisotopic (exact) mass is 323 g/mol. The molecule has 0 saturated heterocycles. The molecule has 1 aromatic heterocycles. The molecule has 20 heavy (non-hydrogen) atoms. The summed E-state index contributed by atoms with van der Waals surface area (Å²) in [6.45, 7) is 0.564. The zero-order chi connectivity index (χ0) is 13.0. The largest absolute Gasteiger partial charge is 0.352 e. The van der Waals surface area contributed by atoms with Crippen molar-refractivity contribution in [1.29, 1.82) is 0 Å². The van der Waals surface area contributed by atoms with E-state index < -0.39 is 5.82 Å². The smallest absolute Gasteiger partial charge is 0.254 e. The maximum Gasteiger partial charge on any atom is 0.254 e. The van der Waals surface area contributed by atoms with Crippen LogP contribution < -0.4 is 11.1 Å². The minimum absolute atomic E-state index is 0. The molecule has 1 heterocycles. The Balaban J connectivity index is 0.00000180. The second-order valence-corrected chi connectivity index (χ2v) is 4.86. The molecule has 0 spiro atoms. The van der Waals surface area contributed by atoms with Crippen LogP contribution in [0.15, 0.2) is 18.5 Å². The Bertz CT molecular complexity index is 434. The van der Waals surface area contributed by atoms with Crippen LogP contribution in [0.4, 0.5) is 4.39 Å². The minimum atomic E-state index is -0.588. The zero-order valence-electron chi connectivity index (χ0n) is 11.0. The molecular weight excluding hydrogens is 304 g/mol. The molecule has 1 aliphatic rings. The number of hydrogen-bond acceptors (Lipinski definition) is 3. The third kappa shape index (κ3) is 5.23. The molecule has 2 rings (SSSR count). The average Bonchev–Trinajstić information content (AvgIpc) is 2.37. The van der Waals surface area contributed by atoms with Crippen molar-refractivity contribution >= 4 is 30.7 Å². The highest BCUT2D eigenvalue weighted by atomic mass is 35.5. The number of nitrogens with zero attached hydrogens (tertiary/aromatic N) is 1. The lowest BCUT2D eigenvalue weighted by atomic mass is 9.86. The van der Waals surface area contributed by atoms with Crippen molar-refractivity contribution in [3.63, 3.8) is 0 Å². The van der Waals surface area contributed by atoms with Crippen LogP contribution in [0.1, 0.15) is 36.0 Å². The van der Waals surface area contributed by atoms with Gasteiger partial charge in [0, 0.05) is 18.8 Å². The first-order valence-corrected chi connectivity index (χ1v) is 6.30. The predicted octanol–water partition coefficient (Wildman–Crippen LogP) is 2.31. The molecule has 1 saturated carbocycles. The molecular formula is C13H20Cl2FN3O. The predicted molar refractivity (Wildman–Crippen MR) is 81.0 cm³/mol. The van der Waals surface area contributed by atoms with Crippen molar-refractivity contribution in [3.05, 3.63) is 29.8 Å². The van der Waals surface area contributed by atoms with Crippen LogP contribution in [0, 0.1) is 11.7 Å². The average molecular weight is 324 g/mol. The Kier molecular flexibility index (Phi) is 8.69. The van der Waals surface area contributed by atoms with Gasteiger partial charge in [-0.2, -0.15) is 0 Å². The van der Waals surface area contributed by atoms with Gasteiger partial charge in [0.15, 0.2) is 5.82 Å². The molecule has 0 aromatic carbocycles. The van der Waals surface area contributed by atoms with Gasteiger partial charge < -0.3 is 11.1 Å². The van der Waals surface area contributed by atoms with Gasteiger partial charge in [-0.15, -0.1) is 24.8 Å². The van der Waals surface area contributed by atoms with Crippen LogP contribution in [0.3, 0.4) is 0 Å². The number of pyridine rings is 1. The summed E-state index contributed by atoms with van der Waals surface area (Å²) in [6, 6.07) is 1.62. The van der Waals surface area contributed by atoms with Crippen LogP contribution in [0.25, 0.3) is 0 Å². The maximum absolute atomic E-state index is 13.3. The van der Waals surface area contributed by atoms with Gasteiger partial charge in [0.2, 0.25) is 0 Å². The van der Waals surface area contributed by atoms with Crippen LogP contribution in [-0.2, 0) is 0 Å². The van der Waals surface area contributed by atoms with Crippen molar-refractivity contribution in [2.75, 3.05) is 6.54 Å². The van der Waals surface area contributed by atoms with Gasteiger partial charge in [0.1, 0.15) is 0 Å². The van der Waals surface area contributed by atoms with Gasteiger partial charge in [0.05, 0.1) is 11.8 Å². The van der Waals surface area contributed by atoms with Gasteiger partial charge in [-0.05, 0) is 31.2 Å². The SMILES string of the molecule is Cl.Cl.NC1CCCC(CNC(=O)c2ccncc2F)C1. The topological polar surface area (TPSA) is 68.0 Å². The van der Waals surface area contributed by atoms with Gasteiger partial charge in [0.25, 0.3) is 5.91 Å². The first-order valence-electron chi connectivity index (χ1n) is 6.30. The molecule has 1 amide bonds. The quantitative estimate of drug-likeness (QED) is 0.896. The van der Waals surface area contributed by atoms with E-state index in [1.54, 1.807) is 0 Å². The van der Waals surface area contributed by atoms with Crippen LogP contribution >= 0.6 is 24.8 Å². The summed E-state index contributed by atoms with van der Waals surface area (Å²) in [5.41, 5.74) is 5.93. The molecule has 0 bridgehead atoms. The third-order valence-electron chi connectivity index (χ3n) is 3.39. The van der Waals surface area contributed by atoms with E-state index in [4.69, 9.17) is 5.73 Å². The van der Waals surface area contributed by atoms with Crippen molar-refractivity contribution in [2.45, 2.75) is 31.7 Å². The Morgan fingerprint density at radius 1 is 1.45 bits per heavy atom. The lowest BCUT2D eigenvalue weighted by Gasteiger charge is -2.26. The Morgan fingerprint density at radius 3 is 2.85 bits per heavy atom. The summed E-state index contributed by atoms with van der Waals surface area (Å²) < 4.78 is 13.3. The highest BCUT2D eigenvalue weighted by Gasteiger charge is 2.20. The molecule has 1 fully saturated rings. The molecule has 4 nitrogen and oxygen atoms in total.